The van der Waals surface area contributed by atoms with Crippen LogP contribution in [0.25, 0.3) is 0 Å². The number of rotatable bonds is 4. The Hall–Kier alpha value is -0.163. The first-order chi connectivity index (χ1) is 7.72. The summed E-state index contributed by atoms with van der Waals surface area (Å²) in [5.74, 6) is 1.47. The molecule has 3 unspecified atom stereocenters. The van der Waals surface area contributed by atoms with E-state index in [1.807, 2.05) is 0 Å². The second-order valence-electron chi connectivity index (χ2n) is 4.75. The third-order valence-corrected chi connectivity index (χ3v) is 7.62. The van der Waals surface area contributed by atoms with Gasteiger partial charge in [-0.3, -0.25) is 0 Å². The lowest BCUT2D eigenvalue weighted by atomic mass is 9.94. The van der Waals surface area contributed by atoms with Gasteiger partial charge in [0.15, 0.2) is 0 Å². The topological polar surface area (TPSA) is 27.7 Å². The van der Waals surface area contributed by atoms with Crippen LogP contribution >= 0.6 is 0 Å². The van der Waals surface area contributed by atoms with Crippen LogP contribution in [0.15, 0.2) is 11.6 Å². The Balaban J connectivity index is 2.31. The largest absolute Gasteiger partial charge is 0.507 e. The first-order valence-corrected chi connectivity index (χ1v) is 7.84. The minimum Gasteiger partial charge on any atom is -0.376 e. The minimum absolute atomic E-state index is 0.399. The van der Waals surface area contributed by atoms with Gasteiger partial charge in [0.05, 0.1) is 5.54 Å². The molecule has 16 heavy (non-hydrogen) atoms. The summed E-state index contributed by atoms with van der Waals surface area (Å²) >= 11 is 0. The van der Waals surface area contributed by atoms with Crippen molar-refractivity contribution >= 4 is 8.80 Å². The van der Waals surface area contributed by atoms with Crippen molar-refractivity contribution in [1.29, 1.82) is 0 Å². The van der Waals surface area contributed by atoms with Gasteiger partial charge < -0.3 is 13.3 Å². The molecule has 2 bridgehead atoms. The van der Waals surface area contributed by atoms with Crippen molar-refractivity contribution < 1.29 is 13.3 Å². The highest BCUT2D eigenvalue weighted by Crippen LogP contribution is 2.58. The lowest BCUT2D eigenvalue weighted by molar-refractivity contribution is 0.108. The van der Waals surface area contributed by atoms with Crippen molar-refractivity contribution in [2.24, 2.45) is 11.8 Å². The van der Waals surface area contributed by atoms with E-state index in [9.17, 15) is 0 Å². The van der Waals surface area contributed by atoms with E-state index in [-0.39, 0.29) is 0 Å². The molecular weight excluding hydrogens is 220 g/mol. The summed E-state index contributed by atoms with van der Waals surface area (Å²) in [5, 5.41) is 0. The van der Waals surface area contributed by atoms with Gasteiger partial charge in [-0.2, -0.15) is 0 Å². The summed E-state index contributed by atoms with van der Waals surface area (Å²) in [4.78, 5) is 0. The third-order valence-electron chi connectivity index (χ3n) is 4.34. The highest BCUT2D eigenvalue weighted by molar-refractivity contribution is 6.63. The van der Waals surface area contributed by atoms with Crippen molar-refractivity contribution in [2.75, 3.05) is 21.3 Å². The molecule has 0 aromatic rings. The van der Waals surface area contributed by atoms with Crippen molar-refractivity contribution in [1.82, 2.24) is 0 Å². The Morgan fingerprint density at radius 1 is 1.12 bits per heavy atom. The monoisotopic (exact) mass is 242 g/mol. The molecule has 0 aromatic heterocycles. The molecule has 3 atom stereocenters. The van der Waals surface area contributed by atoms with Gasteiger partial charge in [-0.15, -0.1) is 0 Å². The molecule has 2 aliphatic rings. The van der Waals surface area contributed by atoms with E-state index in [1.165, 1.54) is 24.8 Å². The maximum atomic E-state index is 5.66. The van der Waals surface area contributed by atoms with Crippen LogP contribution in [0.4, 0.5) is 0 Å². The zero-order valence-electron chi connectivity index (χ0n) is 10.7. The molecule has 0 saturated heterocycles. The van der Waals surface area contributed by atoms with Crippen LogP contribution in [0.2, 0.25) is 5.54 Å². The molecule has 3 nitrogen and oxygen atoms in total. The third kappa shape index (κ3) is 1.59. The normalized spacial score (nSPS) is 36.2. The van der Waals surface area contributed by atoms with Gasteiger partial charge in [0.25, 0.3) is 0 Å². The fourth-order valence-corrected chi connectivity index (χ4v) is 6.64. The SMILES string of the molecule is CC=C1C2CCC(C2)C1[Si](OC)(OC)OC. The molecule has 0 spiro atoms. The van der Waals surface area contributed by atoms with E-state index in [0.29, 0.717) is 11.5 Å². The highest BCUT2D eigenvalue weighted by Gasteiger charge is 2.59. The zero-order valence-corrected chi connectivity index (χ0v) is 11.7. The Morgan fingerprint density at radius 2 is 1.75 bits per heavy atom. The molecule has 0 amide bonds. The van der Waals surface area contributed by atoms with Gasteiger partial charge in [0, 0.05) is 21.3 Å². The second-order valence-corrected chi connectivity index (χ2v) is 7.81. The van der Waals surface area contributed by atoms with Crippen LogP contribution < -0.4 is 0 Å². The van der Waals surface area contributed by atoms with Gasteiger partial charge in [-0.05, 0) is 38.0 Å². The van der Waals surface area contributed by atoms with Gasteiger partial charge in [-0.1, -0.05) is 11.6 Å². The van der Waals surface area contributed by atoms with Crippen molar-refractivity contribution in [3.63, 3.8) is 0 Å². The van der Waals surface area contributed by atoms with E-state index in [1.54, 1.807) is 21.3 Å². The number of hydrogen-bond donors (Lipinski definition) is 0. The molecule has 2 fully saturated rings. The van der Waals surface area contributed by atoms with Gasteiger partial charge in [0.2, 0.25) is 0 Å². The minimum atomic E-state index is -2.49. The van der Waals surface area contributed by atoms with E-state index in [4.69, 9.17) is 13.3 Å². The van der Waals surface area contributed by atoms with Crippen LogP contribution in [0.1, 0.15) is 26.2 Å². The van der Waals surface area contributed by atoms with Crippen molar-refractivity contribution in [2.45, 2.75) is 31.7 Å². The zero-order chi connectivity index (χ0) is 11.8. The Morgan fingerprint density at radius 3 is 2.25 bits per heavy atom. The number of hydrogen-bond acceptors (Lipinski definition) is 3. The summed E-state index contributed by atoms with van der Waals surface area (Å²) in [6.45, 7) is 2.13. The lowest BCUT2D eigenvalue weighted by Crippen LogP contribution is -2.50. The van der Waals surface area contributed by atoms with Crippen LogP contribution in [0.3, 0.4) is 0 Å². The predicted octanol–water partition coefficient (Wildman–Crippen LogP) is 2.61. The standard InChI is InChI=1S/C12H22O3Si/c1-5-11-9-6-7-10(8-9)12(11)16(13-2,14-3)15-4/h5,9-10,12H,6-8H2,1-4H3. The van der Waals surface area contributed by atoms with Gasteiger partial charge in [-0.25, -0.2) is 0 Å². The number of fused-ring (bicyclic) bond motifs is 2. The van der Waals surface area contributed by atoms with Crippen LogP contribution in [-0.2, 0) is 13.3 Å². The molecule has 2 rings (SSSR count). The van der Waals surface area contributed by atoms with E-state index in [0.717, 1.165) is 5.92 Å². The van der Waals surface area contributed by atoms with Crippen LogP contribution in [0, 0.1) is 11.8 Å². The molecule has 2 aliphatic carbocycles. The average Bonchev–Trinajstić information content (AvgIpc) is 2.92. The molecule has 2 saturated carbocycles. The molecule has 0 heterocycles. The maximum Gasteiger partial charge on any atom is 0.507 e. The Kier molecular flexibility index (Phi) is 3.54. The van der Waals surface area contributed by atoms with E-state index < -0.39 is 8.80 Å². The summed E-state index contributed by atoms with van der Waals surface area (Å²) in [6.07, 6.45) is 6.20. The quantitative estimate of drug-likeness (QED) is 0.560. The van der Waals surface area contributed by atoms with Crippen LogP contribution in [0.5, 0.6) is 0 Å². The fourth-order valence-electron chi connectivity index (χ4n) is 3.69. The first-order valence-electron chi connectivity index (χ1n) is 6.04. The summed E-state index contributed by atoms with van der Waals surface area (Å²) in [5.41, 5.74) is 1.92. The summed E-state index contributed by atoms with van der Waals surface area (Å²) in [7, 11) is 2.67. The molecule has 4 heteroatoms. The van der Waals surface area contributed by atoms with Crippen molar-refractivity contribution in [3.8, 4) is 0 Å². The molecule has 0 N–H and O–H groups in total. The first kappa shape index (κ1) is 12.3. The van der Waals surface area contributed by atoms with Gasteiger partial charge >= 0.3 is 8.80 Å². The second kappa shape index (κ2) is 4.60. The smallest absolute Gasteiger partial charge is 0.376 e. The summed E-state index contributed by atoms with van der Waals surface area (Å²) < 4.78 is 17.0. The highest BCUT2D eigenvalue weighted by atomic mass is 28.4. The summed E-state index contributed by atoms with van der Waals surface area (Å²) in [6, 6.07) is 0. The lowest BCUT2D eigenvalue weighted by Gasteiger charge is -2.36. The molecular formula is C12H22O3Si. The Bertz CT molecular complexity index is 278. The van der Waals surface area contributed by atoms with E-state index in [2.05, 4.69) is 13.0 Å². The van der Waals surface area contributed by atoms with Crippen molar-refractivity contribution in [3.05, 3.63) is 11.6 Å². The van der Waals surface area contributed by atoms with Gasteiger partial charge in [0.1, 0.15) is 0 Å². The molecule has 0 radical (unpaired) electrons. The predicted molar refractivity (Wildman–Crippen MR) is 65.1 cm³/mol. The van der Waals surface area contributed by atoms with E-state index >= 15 is 0 Å². The maximum absolute atomic E-state index is 5.66. The molecule has 0 aliphatic heterocycles. The van der Waals surface area contributed by atoms with Crippen LogP contribution in [-0.4, -0.2) is 30.1 Å². The molecule has 92 valence electrons. The Labute approximate surface area is 99.1 Å². The number of allylic oxidation sites excluding steroid dienone is 2. The molecule has 0 aromatic carbocycles. The average molecular weight is 242 g/mol. The fraction of sp³-hybridized carbons (Fsp3) is 0.833.